The zero-order valence-electron chi connectivity index (χ0n) is 17.2. The molecule has 4 nitrogen and oxygen atoms in total. The van der Waals surface area contributed by atoms with Crippen molar-refractivity contribution in [3.05, 3.63) is 76.5 Å². The molecule has 3 atom stereocenters. The van der Waals surface area contributed by atoms with Crippen LogP contribution < -0.4 is 10.2 Å². The molecule has 1 aromatic heterocycles. The van der Waals surface area contributed by atoms with Crippen molar-refractivity contribution in [1.29, 1.82) is 0 Å². The van der Waals surface area contributed by atoms with E-state index in [0.29, 0.717) is 6.42 Å². The molecular weight excluding hydrogens is 390 g/mol. The van der Waals surface area contributed by atoms with E-state index in [4.69, 9.17) is 4.99 Å². The van der Waals surface area contributed by atoms with Gasteiger partial charge < -0.3 is 10.2 Å². The van der Waals surface area contributed by atoms with E-state index in [0.717, 1.165) is 23.5 Å². The van der Waals surface area contributed by atoms with Gasteiger partial charge in [0, 0.05) is 36.8 Å². The Hall–Kier alpha value is -2.92. The fourth-order valence-electron chi connectivity index (χ4n) is 4.58. The van der Waals surface area contributed by atoms with Crippen molar-refractivity contribution >= 4 is 39.9 Å². The number of aliphatic imine (C=N–C) groups is 1. The minimum absolute atomic E-state index is 0.0584. The second-order valence-corrected chi connectivity index (χ2v) is 9.27. The van der Waals surface area contributed by atoms with E-state index in [2.05, 4.69) is 58.1 Å². The van der Waals surface area contributed by atoms with Crippen LogP contribution in [0.25, 0.3) is 0 Å². The highest BCUT2D eigenvalue weighted by Gasteiger charge is 2.41. The Morgan fingerprint density at radius 3 is 2.53 bits per heavy atom. The number of para-hydroxylation sites is 2. The predicted molar refractivity (Wildman–Crippen MR) is 125 cm³/mol. The number of thiophene rings is 1. The van der Waals surface area contributed by atoms with Crippen molar-refractivity contribution in [2.75, 3.05) is 24.3 Å². The lowest BCUT2D eigenvalue weighted by Gasteiger charge is -2.33. The number of carbonyl (C=O) groups excluding carboxylic acids is 1. The fraction of sp³-hybridized carbons (Fsp3) is 0.280. The smallest absolute Gasteiger partial charge is 0.144 e. The molecule has 1 saturated carbocycles. The van der Waals surface area contributed by atoms with Crippen LogP contribution in [0.1, 0.15) is 35.2 Å². The van der Waals surface area contributed by atoms with Crippen molar-refractivity contribution in [3.63, 3.8) is 0 Å². The molecule has 30 heavy (non-hydrogen) atoms. The Morgan fingerprint density at radius 1 is 1.00 bits per heavy atom. The number of carbonyl (C=O) groups is 1. The highest BCUT2D eigenvalue weighted by molar-refractivity contribution is 7.10. The molecule has 1 aliphatic carbocycles. The molecule has 1 unspecified atom stereocenters. The first-order valence-corrected chi connectivity index (χ1v) is 11.2. The van der Waals surface area contributed by atoms with E-state index in [1.165, 1.54) is 16.1 Å². The maximum Gasteiger partial charge on any atom is 0.144 e. The molecule has 0 bridgehead atoms. The van der Waals surface area contributed by atoms with Gasteiger partial charge >= 0.3 is 0 Å². The summed E-state index contributed by atoms with van der Waals surface area (Å²) < 4.78 is 0. The van der Waals surface area contributed by atoms with Crippen molar-refractivity contribution in [1.82, 2.24) is 0 Å². The standard InChI is InChI=1S/C25H25N3OS/c1-28(2)18-11-9-16(10-12-18)17-14-21-24(22(29)15-17)25(23-8-5-13-30-23)27-20-7-4-3-6-19(20)26-21/h3-13,17,24-25,27H,14-15H2,1-2H3/t17-,24?,25-/m0/s1. The van der Waals surface area contributed by atoms with Gasteiger partial charge in [-0.15, -0.1) is 11.3 Å². The van der Waals surface area contributed by atoms with Gasteiger partial charge in [0.1, 0.15) is 5.78 Å². The quantitative estimate of drug-likeness (QED) is 0.586. The Kier molecular flexibility index (Phi) is 4.91. The third-order valence-electron chi connectivity index (χ3n) is 6.15. The molecule has 0 radical (unpaired) electrons. The van der Waals surface area contributed by atoms with E-state index in [1.807, 2.05) is 32.3 Å². The van der Waals surface area contributed by atoms with Gasteiger partial charge in [-0.05, 0) is 53.6 Å². The van der Waals surface area contributed by atoms with Crippen molar-refractivity contribution in [3.8, 4) is 0 Å². The maximum atomic E-state index is 13.5. The molecule has 0 spiro atoms. The van der Waals surface area contributed by atoms with Crippen LogP contribution in [0, 0.1) is 5.92 Å². The van der Waals surface area contributed by atoms with E-state index < -0.39 is 0 Å². The number of anilines is 2. The van der Waals surface area contributed by atoms with E-state index in [-0.39, 0.29) is 23.7 Å². The van der Waals surface area contributed by atoms with E-state index in [1.54, 1.807) is 11.3 Å². The third kappa shape index (κ3) is 3.43. The first-order valence-electron chi connectivity index (χ1n) is 10.4. The average molecular weight is 416 g/mol. The molecule has 3 aromatic rings. The number of nitrogens with zero attached hydrogens (tertiary/aromatic N) is 2. The van der Waals surface area contributed by atoms with Crippen LogP contribution in [0.5, 0.6) is 0 Å². The molecule has 1 aliphatic heterocycles. The van der Waals surface area contributed by atoms with Gasteiger partial charge in [0.05, 0.1) is 23.3 Å². The minimum Gasteiger partial charge on any atom is -0.378 e. The number of fused-ring (bicyclic) bond motifs is 2. The molecule has 2 aliphatic rings. The SMILES string of the molecule is CN(C)c1ccc([C@@H]2CC(=O)C3C(=Nc4ccccc4N[C@H]3c3cccs3)C2)cc1. The molecule has 152 valence electrons. The summed E-state index contributed by atoms with van der Waals surface area (Å²) in [7, 11) is 4.08. The van der Waals surface area contributed by atoms with Crippen LogP contribution in [0.4, 0.5) is 17.1 Å². The largest absolute Gasteiger partial charge is 0.378 e. The van der Waals surface area contributed by atoms with Gasteiger partial charge in [0.25, 0.3) is 0 Å². The second-order valence-electron chi connectivity index (χ2n) is 8.29. The number of hydrogen-bond acceptors (Lipinski definition) is 5. The summed E-state index contributed by atoms with van der Waals surface area (Å²) in [6.45, 7) is 0. The summed E-state index contributed by atoms with van der Waals surface area (Å²) in [6, 6.07) is 20.8. The van der Waals surface area contributed by atoms with Crippen molar-refractivity contribution in [2.24, 2.45) is 10.9 Å². The van der Waals surface area contributed by atoms with Crippen LogP contribution in [0.2, 0.25) is 0 Å². The van der Waals surface area contributed by atoms with Gasteiger partial charge in [-0.2, -0.15) is 0 Å². The van der Waals surface area contributed by atoms with Gasteiger partial charge in [-0.1, -0.05) is 30.3 Å². The Labute approximate surface area is 181 Å². The Bertz CT molecular complexity index is 1090. The van der Waals surface area contributed by atoms with E-state index in [9.17, 15) is 4.79 Å². The molecule has 5 heteroatoms. The summed E-state index contributed by atoms with van der Waals surface area (Å²) in [5.74, 6) is 0.242. The van der Waals surface area contributed by atoms with Gasteiger partial charge in [-0.3, -0.25) is 9.79 Å². The van der Waals surface area contributed by atoms with Crippen LogP contribution >= 0.6 is 11.3 Å². The first kappa shape index (κ1) is 19.1. The topological polar surface area (TPSA) is 44.7 Å². The molecule has 1 fully saturated rings. The third-order valence-corrected chi connectivity index (χ3v) is 7.11. The van der Waals surface area contributed by atoms with Crippen LogP contribution in [0.15, 0.2) is 71.0 Å². The average Bonchev–Trinajstić information content (AvgIpc) is 3.22. The fourth-order valence-corrected chi connectivity index (χ4v) is 5.40. The highest BCUT2D eigenvalue weighted by atomic mass is 32.1. The highest BCUT2D eigenvalue weighted by Crippen LogP contribution is 2.44. The monoisotopic (exact) mass is 415 g/mol. The summed E-state index contributed by atoms with van der Waals surface area (Å²) >= 11 is 1.70. The number of hydrogen-bond donors (Lipinski definition) is 1. The summed E-state index contributed by atoms with van der Waals surface area (Å²) in [6.07, 6.45) is 1.38. The number of nitrogens with one attached hydrogen (secondary N) is 1. The van der Waals surface area contributed by atoms with Gasteiger partial charge in [0.15, 0.2) is 0 Å². The molecule has 2 aromatic carbocycles. The van der Waals surface area contributed by atoms with Crippen LogP contribution in [-0.2, 0) is 4.79 Å². The molecule has 1 N–H and O–H groups in total. The number of ketones is 1. The molecular formula is C25H25N3OS. The number of Topliss-reactive ketones (excluding diaryl/α,β-unsaturated/α-hetero) is 1. The Balaban J connectivity index is 1.53. The zero-order chi connectivity index (χ0) is 20.7. The van der Waals surface area contributed by atoms with Crippen LogP contribution in [-0.4, -0.2) is 25.6 Å². The lowest BCUT2D eigenvalue weighted by molar-refractivity contribution is -0.122. The van der Waals surface area contributed by atoms with Crippen molar-refractivity contribution < 1.29 is 4.79 Å². The predicted octanol–water partition coefficient (Wildman–Crippen LogP) is 5.82. The first-order chi connectivity index (χ1) is 14.6. The Morgan fingerprint density at radius 2 is 1.80 bits per heavy atom. The molecule has 5 rings (SSSR count). The van der Waals surface area contributed by atoms with Gasteiger partial charge in [-0.25, -0.2) is 0 Å². The lowest BCUT2D eigenvalue weighted by Crippen LogP contribution is -2.38. The zero-order valence-corrected chi connectivity index (χ0v) is 18.0. The summed E-state index contributed by atoms with van der Waals surface area (Å²) in [5, 5.41) is 5.71. The molecule has 2 heterocycles. The second kappa shape index (κ2) is 7.73. The van der Waals surface area contributed by atoms with Crippen molar-refractivity contribution in [2.45, 2.75) is 24.8 Å². The van der Waals surface area contributed by atoms with E-state index >= 15 is 0 Å². The normalized spacial score (nSPS) is 22.9. The number of rotatable bonds is 3. The van der Waals surface area contributed by atoms with Gasteiger partial charge in [0.2, 0.25) is 0 Å². The summed E-state index contributed by atoms with van der Waals surface area (Å²) in [5.41, 5.74) is 5.31. The summed E-state index contributed by atoms with van der Waals surface area (Å²) in [4.78, 5) is 21.8. The molecule has 0 saturated heterocycles. The van der Waals surface area contributed by atoms with Crippen LogP contribution in [0.3, 0.4) is 0 Å². The maximum absolute atomic E-state index is 13.5. The minimum atomic E-state index is -0.214. The molecule has 0 amide bonds. The lowest BCUT2D eigenvalue weighted by atomic mass is 9.73. The number of benzene rings is 2.